The van der Waals surface area contributed by atoms with E-state index >= 15 is 0 Å². The molecule has 1 saturated carbocycles. The van der Waals surface area contributed by atoms with E-state index in [0.717, 1.165) is 49.9 Å². The number of hydrogen-bond acceptors (Lipinski definition) is 4. The summed E-state index contributed by atoms with van der Waals surface area (Å²) in [6.45, 7) is 0.733. The molecule has 5 atom stereocenters. The van der Waals surface area contributed by atoms with Crippen molar-refractivity contribution in [1.29, 1.82) is 0 Å². The zero-order chi connectivity index (χ0) is 24.5. The Hall–Kier alpha value is -3.67. The van der Waals surface area contributed by atoms with Crippen LogP contribution < -0.4 is 10.6 Å². The average molecular weight is 481 g/mol. The van der Waals surface area contributed by atoms with E-state index in [2.05, 4.69) is 44.8 Å². The molecule has 3 aromatic rings. The maximum atomic E-state index is 14.2. The van der Waals surface area contributed by atoms with Gasteiger partial charge in [-0.25, -0.2) is 0 Å². The van der Waals surface area contributed by atoms with Crippen LogP contribution in [0, 0.1) is 11.8 Å². The number of likely N-dealkylation sites (tertiary alicyclic amines) is 1. The highest BCUT2D eigenvalue weighted by atomic mass is 16.2. The zero-order valence-electron chi connectivity index (χ0n) is 20.3. The Balaban J connectivity index is 1.28. The van der Waals surface area contributed by atoms with Crippen LogP contribution >= 0.6 is 0 Å². The van der Waals surface area contributed by atoms with Crippen molar-refractivity contribution in [1.82, 2.24) is 15.2 Å². The first-order valence-corrected chi connectivity index (χ1v) is 13.1. The molecule has 1 aromatic heterocycles. The fourth-order valence-corrected chi connectivity index (χ4v) is 6.52. The van der Waals surface area contributed by atoms with Crippen molar-refractivity contribution in [3.63, 3.8) is 0 Å². The van der Waals surface area contributed by atoms with Gasteiger partial charge in [-0.2, -0.15) is 0 Å². The number of fused-ring (bicyclic) bond motifs is 3. The molecule has 0 spiro atoms. The molecule has 2 aliphatic heterocycles. The van der Waals surface area contributed by atoms with Crippen LogP contribution in [0.3, 0.4) is 0 Å². The van der Waals surface area contributed by atoms with Gasteiger partial charge in [0.2, 0.25) is 5.91 Å². The van der Waals surface area contributed by atoms with Gasteiger partial charge in [0, 0.05) is 42.1 Å². The molecular formula is C30H32N4O2. The second-order valence-corrected chi connectivity index (χ2v) is 10.3. The molecule has 0 bridgehead atoms. The molecule has 1 aliphatic carbocycles. The molecule has 6 rings (SSSR count). The highest BCUT2D eigenvalue weighted by Gasteiger charge is 2.48. The van der Waals surface area contributed by atoms with Gasteiger partial charge in [0.05, 0.1) is 18.0 Å². The Morgan fingerprint density at radius 2 is 1.72 bits per heavy atom. The molecule has 6 heteroatoms. The lowest BCUT2D eigenvalue weighted by molar-refractivity contribution is -0.138. The van der Waals surface area contributed by atoms with Gasteiger partial charge in [-0.3, -0.25) is 14.6 Å². The first-order chi connectivity index (χ1) is 17.7. The van der Waals surface area contributed by atoms with E-state index in [4.69, 9.17) is 0 Å². The van der Waals surface area contributed by atoms with E-state index in [-0.39, 0.29) is 41.8 Å². The molecule has 2 amide bonds. The third-order valence-electron chi connectivity index (χ3n) is 8.23. The molecule has 3 heterocycles. The van der Waals surface area contributed by atoms with E-state index in [1.54, 1.807) is 6.20 Å². The minimum absolute atomic E-state index is 0.0209. The third kappa shape index (κ3) is 4.15. The number of anilines is 1. The Bertz CT molecular complexity index is 1230. The number of amides is 2. The van der Waals surface area contributed by atoms with Gasteiger partial charge in [0.15, 0.2) is 0 Å². The normalized spacial score (nSPS) is 26.9. The summed E-state index contributed by atoms with van der Waals surface area (Å²) in [7, 11) is 0. The summed E-state index contributed by atoms with van der Waals surface area (Å²) in [6.07, 6.45) is 8.38. The standard InChI is InChI=1S/C30H32N4O2/c35-29(20-9-2-1-3-10-20)33-26-15-7-5-13-23(26)30(36)34-18-16-24-27(21-11-8-17-31-19-21)32-25-14-6-4-12-22(25)28(24)34/h1-4,6,8-12,14,17,19,23-24,26-28,32H,5,7,13,15-16,18H2,(H,33,35)/t23-,24?,26+,27?,28?/m0/s1. The monoisotopic (exact) mass is 480 g/mol. The molecule has 1 saturated heterocycles. The molecular weight excluding hydrogens is 448 g/mol. The third-order valence-corrected chi connectivity index (χ3v) is 8.23. The molecule has 3 aliphatic rings. The van der Waals surface area contributed by atoms with Gasteiger partial charge in [0.25, 0.3) is 5.91 Å². The summed E-state index contributed by atoms with van der Waals surface area (Å²) in [5.41, 5.74) is 4.07. The molecule has 2 aromatic carbocycles. The maximum absolute atomic E-state index is 14.2. The molecule has 6 nitrogen and oxygen atoms in total. The smallest absolute Gasteiger partial charge is 0.251 e. The second-order valence-electron chi connectivity index (χ2n) is 10.3. The zero-order valence-corrected chi connectivity index (χ0v) is 20.3. The Morgan fingerprint density at radius 3 is 2.56 bits per heavy atom. The van der Waals surface area contributed by atoms with Crippen LogP contribution in [-0.2, 0) is 4.79 Å². The van der Waals surface area contributed by atoms with Crippen molar-refractivity contribution in [2.75, 3.05) is 11.9 Å². The highest BCUT2D eigenvalue weighted by Crippen LogP contribution is 2.51. The summed E-state index contributed by atoms with van der Waals surface area (Å²) in [4.78, 5) is 33.6. The van der Waals surface area contributed by atoms with Crippen LogP contribution in [0.4, 0.5) is 5.69 Å². The molecule has 3 unspecified atom stereocenters. The van der Waals surface area contributed by atoms with Gasteiger partial charge in [-0.1, -0.05) is 55.3 Å². The summed E-state index contributed by atoms with van der Waals surface area (Å²) < 4.78 is 0. The van der Waals surface area contributed by atoms with Crippen LogP contribution in [-0.4, -0.2) is 34.3 Å². The van der Waals surface area contributed by atoms with Crippen LogP contribution in [0.5, 0.6) is 0 Å². The number of para-hydroxylation sites is 1. The SMILES string of the molecule is O=C(N[C@@H]1CCCC[C@@H]1C(=O)N1CCC2C(c3cccnc3)Nc3ccccc3C21)c1ccccc1. The fourth-order valence-electron chi connectivity index (χ4n) is 6.52. The van der Waals surface area contributed by atoms with E-state index in [9.17, 15) is 9.59 Å². The quantitative estimate of drug-likeness (QED) is 0.543. The lowest BCUT2D eigenvalue weighted by Gasteiger charge is -2.42. The fraction of sp³-hybridized carbons (Fsp3) is 0.367. The first kappa shape index (κ1) is 22.8. The Labute approximate surface area is 212 Å². The van der Waals surface area contributed by atoms with E-state index < -0.39 is 0 Å². The van der Waals surface area contributed by atoms with Gasteiger partial charge >= 0.3 is 0 Å². The van der Waals surface area contributed by atoms with Crippen molar-refractivity contribution in [2.24, 2.45) is 11.8 Å². The molecule has 0 radical (unpaired) electrons. The van der Waals surface area contributed by atoms with Crippen molar-refractivity contribution in [3.05, 3.63) is 95.8 Å². The topological polar surface area (TPSA) is 74.3 Å². The van der Waals surface area contributed by atoms with E-state index in [1.165, 1.54) is 5.56 Å². The predicted molar refractivity (Wildman–Crippen MR) is 139 cm³/mol. The lowest BCUT2D eigenvalue weighted by Crippen LogP contribution is -2.50. The molecule has 2 fully saturated rings. The van der Waals surface area contributed by atoms with Gasteiger partial charge in [0.1, 0.15) is 0 Å². The lowest BCUT2D eigenvalue weighted by atomic mass is 9.79. The molecule has 2 N–H and O–H groups in total. The number of benzene rings is 2. The van der Waals surface area contributed by atoms with Gasteiger partial charge in [-0.05, 0) is 54.7 Å². The van der Waals surface area contributed by atoms with Gasteiger partial charge in [-0.15, -0.1) is 0 Å². The number of rotatable bonds is 4. The van der Waals surface area contributed by atoms with Crippen LogP contribution in [0.1, 0.15) is 65.7 Å². The summed E-state index contributed by atoms with van der Waals surface area (Å²) in [6, 6.07) is 21.8. The Kier molecular flexibility index (Phi) is 6.18. The number of carbonyl (C=O) groups is 2. The molecule has 184 valence electrons. The summed E-state index contributed by atoms with van der Waals surface area (Å²) >= 11 is 0. The van der Waals surface area contributed by atoms with Crippen molar-refractivity contribution in [2.45, 2.75) is 50.2 Å². The van der Waals surface area contributed by atoms with E-state index in [1.807, 2.05) is 48.7 Å². The minimum atomic E-state index is -0.191. The Morgan fingerprint density at radius 1 is 0.917 bits per heavy atom. The number of carbonyl (C=O) groups excluding carboxylic acids is 2. The van der Waals surface area contributed by atoms with Crippen LogP contribution in [0.25, 0.3) is 0 Å². The van der Waals surface area contributed by atoms with Crippen LogP contribution in [0.15, 0.2) is 79.1 Å². The number of hydrogen-bond donors (Lipinski definition) is 2. The number of pyridine rings is 1. The molecule has 36 heavy (non-hydrogen) atoms. The number of nitrogens with zero attached hydrogens (tertiary/aromatic N) is 2. The summed E-state index contributed by atoms with van der Waals surface area (Å²) in [5.74, 6) is 0.170. The van der Waals surface area contributed by atoms with Gasteiger partial charge < -0.3 is 15.5 Å². The van der Waals surface area contributed by atoms with Crippen molar-refractivity contribution < 1.29 is 9.59 Å². The predicted octanol–water partition coefficient (Wildman–Crippen LogP) is 5.13. The highest BCUT2D eigenvalue weighted by molar-refractivity contribution is 5.94. The van der Waals surface area contributed by atoms with Crippen molar-refractivity contribution in [3.8, 4) is 0 Å². The maximum Gasteiger partial charge on any atom is 0.251 e. The number of nitrogens with one attached hydrogen (secondary N) is 2. The van der Waals surface area contributed by atoms with Crippen LogP contribution in [0.2, 0.25) is 0 Å². The first-order valence-electron chi connectivity index (χ1n) is 13.1. The van der Waals surface area contributed by atoms with E-state index in [0.29, 0.717) is 5.56 Å². The summed E-state index contributed by atoms with van der Waals surface area (Å²) in [5, 5.41) is 6.95. The second kappa shape index (κ2) is 9.76. The average Bonchev–Trinajstić information content (AvgIpc) is 3.39. The minimum Gasteiger partial charge on any atom is -0.378 e. The largest absolute Gasteiger partial charge is 0.378 e. The number of aromatic nitrogens is 1. The van der Waals surface area contributed by atoms with Crippen molar-refractivity contribution >= 4 is 17.5 Å².